The summed E-state index contributed by atoms with van der Waals surface area (Å²) in [6.07, 6.45) is 0. The second-order valence-corrected chi connectivity index (χ2v) is 4.60. The lowest BCUT2D eigenvalue weighted by atomic mass is 10.1. The Morgan fingerprint density at radius 3 is 2.15 bits per heavy atom. The Bertz CT molecular complexity index is 752. The summed E-state index contributed by atoms with van der Waals surface area (Å²) in [5.74, 6) is -0.687. The molecule has 0 aliphatic carbocycles. The minimum atomic E-state index is -0.344. The van der Waals surface area contributed by atoms with E-state index in [9.17, 15) is 9.59 Å². The number of hydrogen-bond acceptors (Lipinski definition) is 3. The molecule has 2 aromatic rings. The molecule has 0 bridgehead atoms. The molecule has 3 rings (SSSR count). The molecule has 0 spiro atoms. The summed E-state index contributed by atoms with van der Waals surface area (Å²) < 4.78 is 0. The van der Waals surface area contributed by atoms with Crippen LogP contribution < -0.4 is 4.90 Å². The molecule has 0 saturated carbocycles. The van der Waals surface area contributed by atoms with E-state index in [4.69, 9.17) is 5.26 Å². The smallest absolute Gasteiger partial charge is 0.266 e. The van der Waals surface area contributed by atoms with Crippen LogP contribution in [0.25, 0.3) is 0 Å². The van der Waals surface area contributed by atoms with Gasteiger partial charge in [0, 0.05) is 0 Å². The van der Waals surface area contributed by atoms with E-state index >= 15 is 0 Å². The number of aryl methyl sites for hydroxylation is 1. The Balaban J connectivity index is 2.17. The van der Waals surface area contributed by atoms with E-state index in [-0.39, 0.29) is 11.8 Å². The summed E-state index contributed by atoms with van der Waals surface area (Å²) in [4.78, 5) is 25.9. The maximum atomic E-state index is 12.4. The first-order chi connectivity index (χ1) is 9.63. The molecule has 1 aliphatic heterocycles. The lowest BCUT2D eigenvalue weighted by Crippen LogP contribution is -2.30. The molecule has 0 saturated heterocycles. The monoisotopic (exact) mass is 262 g/mol. The van der Waals surface area contributed by atoms with Crippen molar-refractivity contribution in [1.82, 2.24) is 0 Å². The summed E-state index contributed by atoms with van der Waals surface area (Å²) in [5, 5.41) is 8.96. The van der Waals surface area contributed by atoms with Gasteiger partial charge in [-0.2, -0.15) is 5.26 Å². The lowest BCUT2D eigenvalue weighted by Gasteiger charge is -2.16. The van der Waals surface area contributed by atoms with E-state index in [1.807, 2.05) is 6.07 Å². The minimum Gasteiger partial charge on any atom is -0.268 e. The summed E-state index contributed by atoms with van der Waals surface area (Å²) in [6, 6.07) is 13.7. The van der Waals surface area contributed by atoms with Crippen LogP contribution >= 0.6 is 0 Å². The molecule has 0 aromatic heterocycles. The van der Waals surface area contributed by atoms with Gasteiger partial charge in [-0.1, -0.05) is 18.2 Å². The van der Waals surface area contributed by atoms with Gasteiger partial charge in [0.05, 0.1) is 28.4 Å². The highest BCUT2D eigenvalue weighted by Crippen LogP contribution is 2.30. The molecule has 0 N–H and O–H groups in total. The molecule has 0 atom stereocenters. The maximum Gasteiger partial charge on any atom is 0.266 e. The highest BCUT2D eigenvalue weighted by atomic mass is 16.2. The second kappa shape index (κ2) is 4.32. The van der Waals surface area contributed by atoms with Crippen molar-refractivity contribution in [2.24, 2.45) is 0 Å². The van der Waals surface area contributed by atoms with Crippen molar-refractivity contribution in [3.8, 4) is 6.07 Å². The molecule has 4 heteroatoms. The predicted octanol–water partition coefficient (Wildman–Crippen LogP) is 2.67. The normalized spacial score (nSPS) is 13.3. The molecule has 4 nitrogen and oxygen atoms in total. The largest absolute Gasteiger partial charge is 0.268 e. The van der Waals surface area contributed by atoms with Gasteiger partial charge in [0.15, 0.2) is 0 Å². The molecule has 2 amide bonds. The molecule has 1 heterocycles. The van der Waals surface area contributed by atoms with Crippen molar-refractivity contribution >= 4 is 17.5 Å². The van der Waals surface area contributed by atoms with E-state index in [0.717, 1.165) is 10.5 Å². The Morgan fingerprint density at radius 2 is 1.60 bits per heavy atom. The number of anilines is 1. The fraction of sp³-hybridized carbons (Fsp3) is 0.0625. The van der Waals surface area contributed by atoms with E-state index in [1.54, 1.807) is 49.4 Å². The fourth-order valence-corrected chi connectivity index (χ4v) is 2.33. The molecular formula is C16H10N2O2. The highest BCUT2D eigenvalue weighted by Gasteiger charge is 2.36. The minimum absolute atomic E-state index is 0.344. The average Bonchev–Trinajstić information content (AvgIpc) is 2.72. The molecule has 96 valence electrons. The molecule has 1 aliphatic rings. The number of imide groups is 1. The van der Waals surface area contributed by atoms with Crippen molar-refractivity contribution in [3.05, 3.63) is 64.7 Å². The maximum absolute atomic E-state index is 12.4. The number of hydrogen-bond donors (Lipinski definition) is 0. The van der Waals surface area contributed by atoms with E-state index in [1.165, 1.54) is 0 Å². The zero-order valence-electron chi connectivity index (χ0n) is 10.8. The standard InChI is InChI=1S/C16H10N2O2/c1-10-6-7-11(9-17)8-14(10)18-15(19)12-4-2-3-5-13(12)16(18)20/h2-8H,1H3. The first-order valence-electron chi connectivity index (χ1n) is 6.12. The Kier molecular flexibility index (Phi) is 2.62. The summed E-state index contributed by atoms with van der Waals surface area (Å²) in [6.45, 7) is 1.81. The van der Waals surface area contributed by atoms with Gasteiger partial charge < -0.3 is 0 Å². The van der Waals surface area contributed by atoms with Crippen LogP contribution in [0.3, 0.4) is 0 Å². The quantitative estimate of drug-likeness (QED) is 0.742. The number of amides is 2. The van der Waals surface area contributed by atoms with Crippen LogP contribution in [-0.2, 0) is 0 Å². The Hall–Kier alpha value is -2.93. The number of nitrogens with zero attached hydrogens (tertiary/aromatic N) is 2. The molecule has 0 fully saturated rings. The zero-order valence-corrected chi connectivity index (χ0v) is 10.8. The van der Waals surface area contributed by atoms with Crippen molar-refractivity contribution in [3.63, 3.8) is 0 Å². The van der Waals surface area contributed by atoms with Crippen molar-refractivity contribution in [2.75, 3.05) is 4.90 Å². The van der Waals surface area contributed by atoms with Gasteiger partial charge in [-0.3, -0.25) is 9.59 Å². The topological polar surface area (TPSA) is 61.2 Å². The number of carbonyl (C=O) groups excluding carboxylic acids is 2. The van der Waals surface area contributed by atoms with E-state index in [2.05, 4.69) is 0 Å². The Labute approximate surface area is 115 Å². The molecule has 0 radical (unpaired) electrons. The Morgan fingerprint density at radius 1 is 1.00 bits per heavy atom. The van der Waals surface area contributed by atoms with E-state index < -0.39 is 0 Å². The van der Waals surface area contributed by atoms with Gasteiger partial charge in [0.1, 0.15) is 0 Å². The molecular weight excluding hydrogens is 252 g/mol. The number of fused-ring (bicyclic) bond motifs is 1. The fourth-order valence-electron chi connectivity index (χ4n) is 2.33. The second-order valence-electron chi connectivity index (χ2n) is 4.60. The van der Waals surface area contributed by atoms with Gasteiger partial charge in [-0.15, -0.1) is 0 Å². The van der Waals surface area contributed by atoms with Crippen LogP contribution in [0, 0.1) is 18.3 Å². The highest BCUT2D eigenvalue weighted by molar-refractivity contribution is 6.34. The third kappa shape index (κ3) is 1.61. The van der Waals surface area contributed by atoms with Gasteiger partial charge in [0.2, 0.25) is 0 Å². The average molecular weight is 262 g/mol. The molecule has 2 aromatic carbocycles. The summed E-state index contributed by atoms with van der Waals surface area (Å²) >= 11 is 0. The SMILES string of the molecule is Cc1ccc(C#N)cc1N1C(=O)c2ccccc2C1=O. The summed E-state index contributed by atoms with van der Waals surface area (Å²) in [7, 11) is 0. The zero-order chi connectivity index (χ0) is 14.3. The number of nitriles is 1. The van der Waals surface area contributed by atoms with E-state index in [0.29, 0.717) is 22.4 Å². The van der Waals surface area contributed by atoms with Crippen molar-refractivity contribution in [2.45, 2.75) is 6.92 Å². The van der Waals surface area contributed by atoms with Crippen LogP contribution in [0.5, 0.6) is 0 Å². The van der Waals surface area contributed by atoms with Crippen LogP contribution in [0.4, 0.5) is 5.69 Å². The predicted molar refractivity (Wildman–Crippen MR) is 73.5 cm³/mol. The third-order valence-electron chi connectivity index (χ3n) is 3.37. The van der Waals surface area contributed by atoms with Crippen molar-refractivity contribution in [1.29, 1.82) is 5.26 Å². The van der Waals surface area contributed by atoms with Crippen LogP contribution in [0.2, 0.25) is 0 Å². The lowest BCUT2D eigenvalue weighted by molar-refractivity contribution is 0.0926. The van der Waals surface area contributed by atoms with Crippen molar-refractivity contribution < 1.29 is 9.59 Å². The van der Waals surface area contributed by atoms with Gasteiger partial charge in [0.25, 0.3) is 11.8 Å². The van der Waals surface area contributed by atoms with Gasteiger partial charge >= 0.3 is 0 Å². The number of benzene rings is 2. The van der Waals surface area contributed by atoms with Crippen LogP contribution in [0.1, 0.15) is 31.8 Å². The van der Waals surface area contributed by atoms with Gasteiger partial charge in [-0.05, 0) is 36.8 Å². The summed E-state index contributed by atoms with van der Waals surface area (Å²) in [5.41, 5.74) is 2.47. The first kappa shape index (κ1) is 12.1. The first-order valence-corrected chi connectivity index (χ1v) is 6.12. The van der Waals surface area contributed by atoms with Crippen LogP contribution in [-0.4, -0.2) is 11.8 Å². The van der Waals surface area contributed by atoms with Gasteiger partial charge in [-0.25, -0.2) is 4.90 Å². The molecule has 0 unspecified atom stereocenters. The third-order valence-corrected chi connectivity index (χ3v) is 3.37. The number of rotatable bonds is 1. The number of carbonyl (C=O) groups is 2. The van der Waals surface area contributed by atoms with Crippen LogP contribution in [0.15, 0.2) is 42.5 Å². The molecule has 20 heavy (non-hydrogen) atoms.